The van der Waals surface area contributed by atoms with E-state index < -0.39 is 12.6 Å². The van der Waals surface area contributed by atoms with Crippen LogP contribution in [0.25, 0.3) is 0 Å². The predicted molar refractivity (Wildman–Crippen MR) is 45.9 cm³/mol. The second-order valence-electron chi connectivity index (χ2n) is 2.13. The van der Waals surface area contributed by atoms with Gasteiger partial charge in [-0.25, -0.2) is 4.39 Å². The summed E-state index contributed by atoms with van der Waals surface area (Å²) in [5.41, 5.74) is 0.937. The van der Waals surface area contributed by atoms with Crippen LogP contribution in [0.15, 0.2) is 18.5 Å². The van der Waals surface area contributed by atoms with Gasteiger partial charge < -0.3 is 10.3 Å². The molecule has 0 spiro atoms. The van der Waals surface area contributed by atoms with Crippen molar-refractivity contribution in [3.63, 3.8) is 0 Å². The highest BCUT2D eigenvalue weighted by Crippen LogP contribution is 1.94. The van der Waals surface area contributed by atoms with E-state index in [-0.39, 0.29) is 12.4 Å². The molecular weight excluding hydrogens is 183 g/mol. The van der Waals surface area contributed by atoms with Crippen molar-refractivity contribution in [2.75, 3.05) is 6.67 Å². The summed E-state index contributed by atoms with van der Waals surface area (Å²) in [5.74, 6) is -0.578. The van der Waals surface area contributed by atoms with Crippen molar-refractivity contribution in [3.8, 4) is 0 Å². The molecule has 0 aliphatic carbocycles. The third-order valence-corrected chi connectivity index (χ3v) is 1.27. The average molecular weight is 193 g/mol. The van der Waals surface area contributed by atoms with E-state index in [1.807, 2.05) is 6.07 Å². The zero-order valence-electron chi connectivity index (χ0n) is 6.34. The monoisotopic (exact) mass is 192 g/mol. The maximum absolute atomic E-state index is 11.6. The van der Waals surface area contributed by atoms with Crippen LogP contribution in [0.3, 0.4) is 0 Å². The first kappa shape index (κ1) is 11.0. The Morgan fingerprint density at radius 3 is 2.92 bits per heavy atom. The lowest BCUT2D eigenvalue weighted by molar-refractivity contribution is -0.122. The summed E-state index contributed by atoms with van der Waals surface area (Å²) in [6.45, 7) is -0.573. The van der Waals surface area contributed by atoms with Crippen LogP contribution < -0.4 is 5.32 Å². The Labute approximate surface area is 75.8 Å². The Morgan fingerprint density at radius 2 is 2.42 bits per heavy atom. The number of aromatic amines is 1. The summed E-state index contributed by atoms with van der Waals surface area (Å²) < 4.78 is 11.6. The second-order valence-corrected chi connectivity index (χ2v) is 2.13. The lowest BCUT2D eigenvalue weighted by atomic mass is 10.3. The second kappa shape index (κ2) is 5.60. The number of carbonyl (C=O) groups excluding carboxylic acids is 1. The quantitative estimate of drug-likeness (QED) is 0.738. The van der Waals surface area contributed by atoms with Crippen LogP contribution in [0, 0.1) is 0 Å². The summed E-state index contributed by atoms with van der Waals surface area (Å²) in [7, 11) is 0. The highest BCUT2D eigenvalue weighted by atomic mass is 35.5. The van der Waals surface area contributed by atoms with Crippen molar-refractivity contribution >= 4 is 18.3 Å². The molecular formula is C7H10ClFN2O. The molecule has 5 heteroatoms. The molecule has 0 unspecified atom stereocenters. The fourth-order valence-electron chi connectivity index (χ4n) is 0.716. The SMILES string of the molecule is Cl.O=C(CF)NCc1cc[nH]c1. The minimum Gasteiger partial charge on any atom is -0.367 e. The molecule has 3 nitrogen and oxygen atoms in total. The van der Waals surface area contributed by atoms with E-state index in [1.165, 1.54) is 0 Å². The van der Waals surface area contributed by atoms with Gasteiger partial charge in [-0.05, 0) is 11.6 Å². The van der Waals surface area contributed by atoms with E-state index in [2.05, 4.69) is 10.3 Å². The average Bonchev–Trinajstić information content (AvgIpc) is 2.52. The van der Waals surface area contributed by atoms with Gasteiger partial charge >= 0.3 is 0 Å². The standard InChI is InChI=1S/C7H9FN2O.ClH/c8-3-7(11)10-5-6-1-2-9-4-6;/h1-2,4,9H,3,5H2,(H,10,11);1H. The van der Waals surface area contributed by atoms with E-state index in [1.54, 1.807) is 12.4 Å². The summed E-state index contributed by atoms with van der Waals surface area (Å²) in [6, 6.07) is 1.82. The van der Waals surface area contributed by atoms with Gasteiger partial charge in [0.25, 0.3) is 5.91 Å². The van der Waals surface area contributed by atoms with Gasteiger partial charge in [0.1, 0.15) is 0 Å². The van der Waals surface area contributed by atoms with Gasteiger partial charge in [-0.3, -0.25) is 4.79 Å². The number of carbonyl (C=O) groups is 1. The largest absolute Gasteiger partial charge is 0.367 e. The highest BCUT2D eigenvalue weighted by molar-refractivity contribution is 5.85. The molecule has 68 valence electrons. The molecule has 0 aliphatic heterocycles. The van der Waals surface area contributed by atoms with Crippen LogP contribution in [0.2, 0.25) is 0 Å². The lowest BCUT2D eigenvalue weighted by Crippen LogP contribution is -2.23. The highest BCUT2D eigenvalue weighted by Gasteiger charge is 1.98. The molecule has 12 heavy (non-hydrogen) atoms. The summed E-state index contributed by atoms with van der Waals surface area (Å²) in [5, 5.41) is 2.40. The normalized spacial score (nSPS) is 8.75. The number of rotatable bonds is 3. The summed E-state index contributed by atoms with van der Waals surface area (Å²) in [6.07, 6.45) is 3.50. The molecule has 1 amide bonds. The number of hydrogen-bond donors (Lipinski definition) is 2. The third-order valence-electron chi connectivity index (χ3n) is 1.27. The van der Waals surface area contributed by atoms with Crippen molar-refractivity contribution in [1.29, 1.82) is 0 Å². The number of halogens is 2. The topological polar surface area (TPSA) is 44.9 Å². The first-order valence-corrected chi connectivity index (χ1v) is 3.27. The van der Waals surface area contributed by atoms with Gasteiger partial charge in [-0.2, -0.15) is 0 Å². The van der Waals surface area contributed by atoms with Gasteiger partial charge in [0.2, 0.25) is 0 Å². The van der Waals surface area contributed by atoms with Crippen molar-refractivity contribution < 1.29 is 9.18 Å². The fourth-order valence-corrected chi connectivity index (χ4v) is 0.716. The van der Waals surface area contributed by atoms with E-state index in [0.29, 0.717) is 6.54 Å². The van der Waals surface area contributed by atoms with Crippen molar-refractivity contribution in [2.24, 2.45) is 0 Å². The maximum atomic E-state index is 11.6. The lowest BCUT2D eigenvalue weighted by Gasteiger charge is -1.97. The van der Waals surface area contributed by atoms with Crippen LogP contribution >= 0.6 is 12.4 Å². The van der Waals surface area contributed by atoms with Crippen LogP contribution in [0.5, 0.6) is 0 Å². The van der Waals surface area contributed by atoms with Crippen LogP contribution in [0.4, 0.5) is 4.39 Å². The fraction of sp³-hybridized carbons (Fsp3) is 0.286. The molecule has 0 saturated carbocycles. The molecule has 0 saturated heterocycles. The minimum absolute atomic E-state index is 0. The van der Waals surface area contributed by atoms with Gasteiger partial charge in [0.15, 0.2) is 6.67 Å². The van der Waals surface area contributed by atoms with Crippen LogP contribution in [0.1, 0.15) is 5.56 Å². The smallest absolute Gasteiger partial charge is 0.251 e. The molecule has 0 aromatic carbocycles. The molecule has 0 radical (unpaired) electrons. The molecule has 1 aromatic heterocycles. The van der Waals surface area contributed by atoms with Gasteiger partial charge in [-0.1, -0.05) is 0 Å². The Hall–Kier alpha value is -1.03. The molecule has 0 atom stereocenters. The number of amides is 1. The molecule has 1 rings (SSSR count). The minimum atomic E-state index is -0.954. The predicted octanol–water partition coefficient (Wildman–Crippen LogP) is 1.02. The molecule has 1 aromatic rings. The Morgan fingerprint density at radius 1 is 1.67 bits per heavy atom. The van der Waals surface area contributed by atoms with Gasteiger partial charge in [-0.15, -0.1) is 12.4 Å². The van der Waals surface area contributed by atoms with Crippen LogP contribution in [-0.2, 0) is 11.3 Å². The number of alkyl halides is 1. The molecule has 0 bridgehead atoms. The van der Waals surface area contributed by atoms with E-state index in [0.717, 1.165) is 5.56 Å². The molecule has 0 fully saturated rings. The van der Waals surface area contributed by atoms with E-state index in [4.69, 9.17) is 0 Å². The Kier molecular flexibility index (Phi) is 5.12. The molecule has 0 aliphatic rings. The Bertz CT molecular complexity index is 225. The number of nitrogens with one attached hydrogen (secondary N) is 2. The number of aromatic nitrogens is 1. The zero-order valence-corrected chi connectivity index (χ0v) is 7.16. The zero-order chi connectivity index (χ0) is 8.10. The third kappa shape index (κ3) is 3.39. The van der Waals surface area contributed by atoms with Gasteiger partial charge in [0, 0.05) is 18.9 Å². The molecule has 1 heterocycles. The van der Waals surface area contributed by atoms with E-state index in [9.17, 15) is 9.18 Å². The molecule has 2 N–H and O–H groups in total. The Balaban J connectivity index is 0.00000121. The van der Waals surface area contributed by atoms with Gasteiger partial charge in [0.05, 0.1) is 0 Å². The summed E-state index contributed by atoms with van der Waals surface area (Å²) >= 11 is 0. The number of hydrogen-bond acceptors (Lipinski definition) is 1. The van der Waals surface area contributed by atoms with Crippen molar-refractivity contribution in [1.82, 2.24) is 10.3 Å². The van der Waals surface area contributed by atoms with E-state index >= 15 is 0 Å². The first-order chi connectivity index (χ1) is 5.33. The van der Waals surface area contributed by atoms with Crippen molar-refractivity contribution in [2.45, 2.75) is 6.54 Å². The maximum Gasteiger partial charge on any atom is 0.251 e. The van der Waals surface area contributed by atoms with Crippen LogP contribution in [-0.4, -0.2) is 17.6 Å². The van der Waals surface area contributed by atoms with Crippen molar-refractivity contribution in [3.05, 3.63) is 24.0 Å². The first-order valence-electron chi connectivity index (χ1n) is 3.27. The summed E-state index contributed by atoms with van der Waals surface area (Å²) in [4.78, 5) is 13.2. The number of H-pyrrole nitrogens is 1.